The second-order valence-corrected chi connectivity index (χ2v) is 8.08. The summed E-state index contributed by atoms with van der Waals surface area (Å²) in [7, 11) is 1.46. The van der Waals surface area contributed by atoms with Gasteiger partial charge >= 0.3 is 7.69 Å². The van der Waals surface area contributed by atoms with Crippen LogP contribution in [-0.2, 0) is 0 Å². The van der Waals surface area contributed by atoms with Crippen LogP contribution in [-0.4, -0.2) is 7.69 Å². The normalized spacial score (nSPS) is 17.0. The van der Waals surface area contributed by atoms with Gasteiger partial charge in [-0.25, -0.2) is 0 Å². The van der Waals surface area contributed by atoms with Gasteiger partial charge in [0.1, 0.15) is 11.5 Å². The van der Waals surface area contributed by atoms with E-state index in [1.165, 1.54) is 44.5 Å². The fraction of sp³-hybridized carbons (Fsp3) is 0.333. The number of hydrogen-bond donors (Lipinski definition) is 0. The van der Waals surface area contributed by atoms with Gasteiger partial charge in [-0.2, -0.15) is 0 Å². The first-order valence-electron chi connectivity index (χ1n) is 7.94. The second kappa shape index (κ2) is 6.52. The molecule has 2 aliphatic rings. The summed E-state index contributed by atoms with van der Waals surface area (Å²) in [6, 6.07) is 12.4. The first-order chi connectivity index (χ1) is 11.2. The lowest BCUT2D eigenvalue weighted by Crippen LogP contribution is -2.13. The summed E-state index contributed by atoms with van der Waals surface area (Å²) in [5.74, 6) is 3.04. The molecular formula is C18H16BBr2O2. The summed E-state index contributed by atoms with van der Waals surface area (Å²) in [6.07, 6.45) is 4.99. The SMILES string of the molecule is Brc1ccc(C2CC2)c(O[B]Oc2cc(Br)ccc2C2CC2)c1. The van der Waals surface area contributed by atoms with E-state index in [1.807, 2.05) is 12.1 Å². The molecule has 2 nitrogen and oxygen atoms in total. The molecule has 0 bridgehead atoms. The molecule has 117 valence electrons. The largest absolute Gasteiger partial charge is 0.658 e. The summed E-state index contributed by atoms with van der Waals surface area (Å²) in [6.45, 7) is 0. The fourth-order valence-electron chi connectivity index (χ4n) is 2.81. The van der Waals surface area contributed by atoms with Crippen molar-refractivity contribution in [1.29, 1.82) is 0 Å². The molecule has 2 aromatic carbocycles. The molecule has 0 atom stereocenters. The maximum Gasteiger partial charge on any atom is 0.658 e. The van der Waals surface area contributed by atoms with Gasteiger partial charge in [0.05, 0.1) is 0 Å². The summed E-state index contributed by atoms with van der Waals surface area (Å²) >= 11 is 7.02. The number of rotatable bonds is 6. The van der Waals surface area contributed by atoms with Crippen molar-refractivity contribution in [2.75, 3.05) is 0 Å². The smallest absolute Gasteiger partial charge is 0.526 e. The maximum atomic E-state index is 5.83. The van der Waals surface area contributed by atoms with Crippen molar-refractivity contribution in [3.05, 3.63) is 56.5 Å². The molecule has 5 heteroatoms. The lowest BCUT2D eigenvalue weighted by molar-refractivity contribution is 0.452. The van der Waals surface area contributed by atoms with Gasteiger partial charge in [-0.1, -0.05) is 44.0 Å². The van der Waals surface area contributed by atoms with E-state index in [0.717, 1.165) is 20.4 Å². The molecule has 0 spiro atoms. The van der Waals surface area contributed by atoms with Crippen molar-refractivity contribution in [1.82, 2.24) is 0 Å². The topological polar surface area (TPSA) is 18.5 Å². The third-order valence-corrected chi connectivity index (χ3v) is 5.32. The Morgan fingerprint density at radius 1 is 0.739 bits per heavy atom. The van der Waals surface area contributed by atoms with Crippen molar-refractivity contribution in [3.63, 3.8) is 0 Å². The minimum absolute atomic E-state index is 0.638. The highest BCUT2D eigenvalue weighted by atomic mass is 79.9. The molecular weight excluding hydrogens is 419 g/mol. The fourth-order valence-corrected chi connectivity index (χ4v) is 3.49. The molecule has 0 N–H and O–H groups in total. The molecule has 4 rings (SSSR count). The summed E-state index contributed by atoms with van der Waals surface area (Å²) in [5, 5.41) is 0. The summed E-state index contributed by atoms with van der Waals surface area (Å²) < 4.78 is 13.7. The molecule has 0 aliphatic heterocycles. The van der Waals surface area contributed by atoms with Crippen molar-refractivity contribution < 1.29 is 9.31 Å². The van der Waals surface area contributed by atoms with E-state index in [4.69, 9.17) is 9.31 Å². The third kappa shape index (κ3) is 3.77. The van der Waals surface area contributed by atoms with E-state index >= 15 is 0 Å². The third-order valence-electron chi connectivity index (χ3n) is 4.34. The van der Waals surface area contributed by atoms with Gasteiger partial charge < -0.3 is 9.31 Å². The predicted molar refractivity (Wildman–Crippen MR) is 99.2 cm³/mol. The summed E-state index contributed by atoms with van der Waals surface area (Å²) in [4.78, 5) is 0. The van der Waals surface area contributed by atoms with Crippen LogP contribution in [0.4, 0.5) is 0 Å². The van der Waals surface area contributed by atoms with Crippen LogP contribution in [0.3, 0.4) is 0 Å². The van der Waals surface area contributed by atoms with Crippen LogP contribution in [0.25, 0.3) is 0 Å². The molecule has 0 amide bonds. The van der Waals surface area contributed by atoms with Gasteiger partial charge in [0.25, 0.3) is 0 Å². The highest BCUT2D eigenvalue weighted by molar-refractivity contribution is 9.10. The van der Waals surface area contributed by atoms with E-state index in [1.54, 1.807) is 0 Å². The molecule has 2 aromatic rings. The van der Waals surface area contributed by atoms with Gasteiger partial charge in [0.15, 0.2) is 0 Å². The standard InChI is InChI=1S/C18H16BBr2O2/c20-13-5-7-15(11-1-2-11)17(9-13)22-19-23-18-10-14(21)6-8-16(18)12-3-4-12/h5-12H,1-4H2. The molecule has 0 unspecified atom stereocenters. The lowest BCUT2D eigenvalue weighted by Gasteiger charge is -2.13. The van der Waals surface area contributed by atoms with E-state index < -0.39 is 0 Å². The van der Waals surface area contributed by atoms with E-state index in [0.29, 0.717) is 11.8 Å². The van der Waals surface area contributed by atoms with Crippen molar-refractivity contribution in [2.24, 2.45) is 0 Å². The van der Waals surface area contributed by atoms with Gasteiger partial charge in [-0.3, -0.25) is 0 Å². The van der Waals surface area contributed by atoms with Crippen LogP contribution >= 0.6 is 31.9 Å². The zero-order chi connectivity index (χ0) is 15.8. The quantitative estimate of drug-likeness (QED) is 0.522. The Labute approximate surface area is 154 Å². The number of halogens is 2. The molecule has 2 fully saturated rings. The Balaban J connectivity index is 1.46. The first kappa shape index (κ1) is 15.6. The molecule has 2 aliphatic carbocycles. The lowest BCUT2D eigenvalue weighted by atomic mass is 10.1. The summed E-state index contributed by atoms with van der Waals surface area (Å²) in [5.41, 5.74) is 2.54. The van der Waals surface area contributed by atoms with Crippen LogP contribution < -0.4 is 9.31 Å². The number of benzene rings is 2. The van der Waals surface area contributed by atoms with Gasteiger partial charge in [0, 0.05) is 8.95 Å². The highest BCUT2D eigenvalue weighted by Gasteiger charge is 2.28. The zero-order valence-corrected chi connectivity index (χ0v) is 15.8. The van der Waals surface area contributed by atoms with Crippen LogP contribution in [0.5, 0.6) is 11.5 Å². The Bertz CT molecular complexity index is 665. The molecule has 1 radical (unpaired) electrons. The average Bonchev–Trinajstić information content (AvgIpc) is 3.40. The van der Waals surface area contributed by atoms with Crippen LogP contribution in [0.1, 0.15) is 48.6 Å². The van der Waals surface area contributed by atoms with Gasteiger partial charge in [0.2, 0.25) is 0 Å². The predicted octanol–water partition coefficient (Wildman–Crippen LogP) is 5.96. The van der Waals surface area contributed by atoms with E-state index in [-0.39, 0.29) is 0 Å². The zero-order valence-electron chi connectivity index (χ0n) is 12.6. The van der Waals surface area contributed by atoms with Crippen LogP contribution in [0, 0.1) is 0 Å². The van der Waals surface area contributed by atoms with Crippen molar-refractivity contribution >= 4 is 39.5 Å². The second-order valence-electron chi connectivity index (χ2n) is 6.24. The number of hydrogen-bond acceptors (Lipinski definition) is 2. The first-order valence-corrected chi connectivity index (χ1v) is 9.53. The molecule has 2 saturated carbocycles. The molecule has 23 heavy (non-hydrogen) atoms. The Kier molecular flexibility index (Phi) is 4.42. The Morgan fingerprint density at radius 3 is 1.57 bits per heavy atom. The van der Waals surface area contributed by atoms with Crippen LogP contribution in [0.15, 0.2) is 45.3 Å². The average molecular weight is 435 g/mol. The maximum absolute atomic E-state index is 5.83. The molecule has 0 aromatic heterocycles. The highest BCUT2D eigenvalue weighted by Crippen LogP contribution is 2.46. The van der Waals surface area contributed by atoms with E-state index in [9.17, 15) is 0 Å². The van der Waals surface area contributed by atoms with Crippen molar-refractivity contribution in [2.45, 2.75) is 37.5 Å². The van der Waals surface area contributed by atoms with E-state index in [2.05, 4.69) is 56.1 Å². The molecule has 0 heterocycles. The monoisotopic (exact) mass is 433 g/mol. The van der Waals surface area contributed by atoms with Gasteiger partial charge in [-0.05, 0) is 72.9 Å². The molecule has 0 saturated heterocycles. The Hall–Kier alpha value is -0.935. The van der Waals surface area contributed by atoms with Crippen LogP contribution in [0.2, 0.25) is 0 Å². The minimum atomic E-state index is 0.638. The van der Waals surface area contributed by atoms with Crippen molar-refractivity contribution in [3.8, 4) is 11.5 Å². The Morgan fingerprint density at radius 2 is 1.17 bits per heavy atom. The minimum Gasteiger partial charge on any atom is -0.526 e. The van der Waals surface area contributed by atoms with Gasteiger partial charge in [-0.15, -0.1) is 0 Å².